The Hall–Kier alpha value is -3.88. The average molecular weight is 456 g/mol. The zero-order valence-corrected chi connectivity index (χ0v) is 18.5. The van der Waals surface area contributed by atoms with E-state index in [1.54, 1.807) is 36.4 Å². The molecule has 2 aromatic carbocycles. The first-order valence-corrected chi connectivity index (χ1v) is 10.7. The van der Waals surface area contributed by atoms with Gasteiger partial charge in [0.1, 0.15) is 12.6 Å². The minimum Gasteiger partial charge on any atom is -0.454 e. The van der Waals surface area contributed by atoms with E-state index >= 15 is 0 Å². The first-order chi connectivity index (χ1) is 16.0. The summed E-state index contributed by atoms with van der Waals surface area (Å²) in [5.41, 5.74) is 1.58. The number of ether oxygens (including phenoxy) is 2. The lowest BCUT2D eigenvalue weighted by Crippen LogP contribution is -2.45. The normalized spacial score (nSPS) is 11.1. The molecule has 0 fully saturated rings. The number of nitrogens with one attached hydrogen (secondary N) is 3. The number of carbonyl (C=O) groups is 4. The van der Waals surface area contributed by atoms with E-state index in [2.05, 4.69) is 16.0 Å². The molecule has 9 heteroatoms. The van der Waals surface area contributed by atoms with E-state index in [9.17, 15) is 19.2 Å². The van der Waals surface area contributed by atoms with E-state index < -0.39 is 36.6 Å². The second-order valence-electron chi connectivity index (χ2n) is 7.21. The maximum absolute atomic E-state index is 12.6. The summed E-state index contributed by atoms with van der Waals surface area (Å²) in [4.78, 5) is 48.4. The van der Waals surface area contributed by atoms with Crippen LogP contribution in [0, 0.1) is 0 Å². The van der Waals surface area contributed by atoms with Crippen molar-refractivity contribution in [2.45, 2.75) is 38.8 Å². The Bertz CT molecular complexity index is 905. The third-order valence-electron chi connectivity index (χ3n) is 4.49. The lowest BCUT2D eigenvalue weighted by Gasteiger charge is -2.18. The van der Waals surface area contributed by atoms with Crippen molar-refractivity contribution in [2.24, 2.45) is 0 Å². The second kappa shape index (κ2) is 14.2. The Balaban J connectivity index is 1.89. The number of hydrogen-bond donors (Lipinski definition) is 3. The number of alkyl carbamates (subject to hydrolysis) is 1. The summed E-state index contributed by atoms with van der Waals surface area (Å²) >= 11 is 0. The fraction of sp³-hybridized carbons (Fsp3) is 0.333. The van der Waals surface area contributed by atoms with Crippen LogP contribution in [0.5, 0.6) is 0 Å². The number of esters is 1. The molecular formula is C24H29N3O6. The Kier molecular flexibility index (Phi) is 10.9. The first-order valence-electron chi connectivity index (χ1n) is 10.7. The van der Waals surface area contributed by atoms with Crippen LogP contribution in [0.3, 0.4) is 0 Å². The highest BCUT2D eigenvalue weighted by molar-refractivity contribution is 5.95. The number of rotatable bonds is 11. The summed E-state index contributed by atoms with van der Waals surface area (Å²) in [6.45, 7) is 1.78. The molecule has 2 rings (SSSR count). The van der Waals surface area contributed by atoms with Gasteiger partial charge in [-0.25, -0.2) is 14.4 Å². The van der Waals surface area contributed by atoms with Crippen molar-refractivity contribution >= 4 is 24.0 Å². The Labute approximate surface area is 192 Å². The molecule has 3 N–H and O–H groups in total. The van der Waals surface area contributed by atoms with E-state index in [4.69, 9.17) is 9.47 Å². The molecule has 0 aliphatic heterocycles. The van der Waals surface area contributed by atoms with Gasteiger partial charge < -0.3 is 20.1 Å². The van der Waals surface area contributed by atoms with E-state index in [-0.39, 0.29) is 13.0 Å². The van der Waals surface area contributed by atoms with Gasteiger partial charge in [-0.2, -0.15) is 0 Å². The van der Waals surface area contributed by atoms with Crippen LogP contribution in [0.25, 0.3) is 0 Å². The number of hydrogen-bond acceptors (Lipinski definition) is 6. The summed E-state index contributed by atoms with van der Waals surface area (Å²) in [6, 6.07) is 16.4. The Morgan fingerprint density at radius 3 is 2.15 bits per heavy atom. The quantitative estimate of drug-likeness (QED) is 0.354. The topological polar surface area (TPSA) is 123 Å². The van der Waals surface area contributed by atoms with E-state index in [0.29, 0.717) is 6.54 Å². The van der Waals surface area contributed by atoms with Gasteiger partial charge in [-0.3, -0.25) is 10.1 Å². The van der Waals surface area contributed by atoms with Gasteiger partial charge in [0.25, 0.3) is 5.91 Å². The SMILES string of the molecule is CCCCNC(=O)NC(=O)COC(=O)[C@H](Cc1ccccc1)NC(=O)OCc1ccccc1. The van der Waals surface area contributed by atoms with Crippen molar-refractivity contribution in [1.29, 1.82) is 0 Å². The molecule has 0 aromatic heterocycles. The van der Waals surface area contributed by atoms with Crippen molar-refractivity contribution in [1.82, 2.24) is 16.0 Å². The summed E-state index contributed by atoms with van der Waals surface area (Å²) in [7, 11) is 0. The lowest BCUT2D eigenvalue weighted by molar-refractivity contribution is -0.150. The van der Waals surface area contributed by atoms with E-state index in [1.165, 1.54) is 0 Å². The summed E-state index contributed by atoms with van der Waals surface area (Å²) in [6.07, 6.45) is 1.02. The molecule has 0 heterocycles. The molecule has 0 aliphatic rings. The number of carbonyl (C=O) groups excluding carboxylic acids is 4. The van der Waals surface area contributed by atoms with Crippen LogP contribution in [0.15, 0.2) is 60.7 Å². The van der Waals surface area contributed by atoms with Gasteiger partial charge in [-0.1, -0.05) is 74.0 Å². The third kappa shape index (κ3) is 10.3. The molecule has 33 heavy (non-hydrogen) atoms. The second-order valence-corrected chi connectivity index (χ2v) is 7.21. The van der Waals surface area contributed by atoms with Crippen molar-refractivity contribution in [2.75, 3.05) is 13.2 Å². The monoisotopic (exact) mass is 455 g/mol. The van der Waals surface area contributed by atoms with Crippen LogP contribution in [0.2, 0.25) is 0 Å². The molecule has 0 spiro atoms. The molecule has 4 amide bonds. The molecule has 0 saturated carbocycles. The molecule has 1 atom stereocenters. The molecule has 9 nitrogen and oxygen atoms in total. The minimum absolute atomic E-state index is 0.0370. The number of unbranched alkanes of at least 4 members (excludes halogenated alkanes) is 1. The predicted molar refractivity (Wildman–Crippen MR) is 121 cm³/mol. The smallest absolute Gasteiger partial charge is 0.408 e. The Morgan fingerprint density at radius 2 is 1.52 bits per heavy atom. The van der Waals surface area contributed by atoms with Crippen LogP contribution in [0.4, 0.5) is 9.59 Å². The standard InChI is InChI=1S/C24H29N3O6/c1-2-3-14-25-23(30)27-21(28)17-32-22(29)20(15-18-10-6-4-7-11-18)26-24(31)33-16-19-12-8-5-9-13-19/h4-13,20H,2-3,14-17H2,1H3,(H,26,31)(H2,25,27,28,30)/t20-/m0/s1. The molecule has 0 saturated heterocycles. The van der Waals surface area contributed by atoms with Crippen LogP contribution in [0.1, 0.15) is 30.9 Å². The lowest BCUT2D eigenvalue weighted by atomic mass is 10.1. The fourth-order valence-electron chi connectivity index (χ4n) is 2.77. The van der Waals surface area contributed by atoms with Gasteiger partial charge in [-0.05, 0) is 17.5 Å². The number of amides is 4. The van der Waals surface area contributed by atoms with Gasteiger partial charge in [0, 0.05) is 13.0 Å². The van der Waals surface area contributed by atoms with Crippen LogP contribution < -0.4 is 16.0 Å². The molecule has 176 valence electrons. The minimum atomic E-state index is -1.08. The Morgan fingerprint density at radius 1 is 0.879 bits per heavy atom. The largest absolute Gasteiger partial charge is 0.454 e. The van der Waals surface area contributed by atoms with Crippen molar-refractivity contribution in [3.63, 3.8) is 0 Å². The van der Waals surface area contributed by atoms with Crippen LogP contribution >= 0.6 is 0 Å². The predicted octanol–water partition coefficient (Wildman–Crippen LogP) is 2.69. The summed E-state index contributed by atoms with van der Waals surface area (Å²) in [5, 5.41) is 7.10. The molecule has 2 aromatic rings. The highest BCUT2D eigenvalue weighted by atomic mass is 16.6. The van der Waals surface area contributed by atoms with Crippen LogP contribution in [-0.2, 0) is 32.1 Å². The fourth-order valence-corrected chi connectivity index (χ4v) is 2.77. The van der Waals surface area contributed by atoms with Crippen molar-refractivity contribution in [3.05, 3.63) is 71.8 Å². The molecular weight excluding hydrogens is 426 g/mol. The summed E-state index contributed by atoms with van der Waals surface area (Å²) < 4.78 is 10.2. The van der Waals surface area contributed by atoms with Crippen molar-refractivity contribution < 1.29 is 28.7 Å². The third-order valence-corrected chi connectivity index (χ3v) is 4.49. The van der Waals surface area contributed by atoms with E-state index in [1.807, 2.05) is 31.2 Å². The zero-order valence-electron chi connectivity index (χ0n) is 18.5. The van der Waals surface area contributed by atoms with Crippen LogP contribution in [-0.4, -0.2) is 43.2 Å². The van der Waals surface area contributed by atoms with Gasteiger partial charge in [-0.15, -0.1) is 0 Å². The average Bonchev–Trinajstić information content (AvgIpc) is 2.82. The van der Waals surface area contributed by atoms with Gasteiger partial charge in [0.2, 0.25) is 0 Å². The highest BCUT2D eigenvalue weighted by Gasteiger charge is 2.24. The van der Waals surface area contributed by atoms with Gasteiger partial charge >= 0.3 is 18.1 Å². The molecule has 0 unspecified atom stereocenters. The summed E-state index contributed by atoms with van der Waals surface area (Å²) in [5.74, 6) is -1.60. The highest BCUT2D eigenvalue weighted by Crippen LogP contribution is 2.06. The van der Waals surface area contributed by atoms with Crippen molar-refractivity contribution in [3.8, 4) is 0 Å². The molecule has 0 bridgehead atoms. The maximum Gasteiger partial charge on any atom is 0.408 e. The van der Waals surface area contributed by atoms with Gasteiger partial charge in [0.15, 0.2) is 6.61 Å². The maximum atomic E-state index is 12.6. The molecule has 0 aliphatic carbocycles. The number of imide groups is 1. The molecule has 0 radical (unpaired) electrons. The first kappa shape index (κ1) is 25.4. The number of benzene rings is 2. The number of urea groups is 1. The van der Waals surface area contributed by atoms with Gasteiger partial charge in [0.05, 0.1) is 0 Å². The zero-order chi connectivity index (χ0) is 23.9. The van der Waals surface area contributed by atoms with E-state index in [0.717, 1.165) is 24.0 Å².